The Kier molecular flexibility index (Phi) is 4.06. The molecule has 0 amide bonds. The molecule has 1 unspecified atom stereocenters. The van der Waals surface area contributed by atoms with Gasteiger partial charge in [0.1, 0.15) is 0 Å². The maximum Gasteiger partial charge on any atom is 0.161 e. The van der Waals surface area contributed by atoms with Crippen LogP contribution in [0.25, 0.3) is 10.9 Å². The minimum atomic E-state index is -0.253. The molecule has 0 spiro atoms. The summed E-state index contributed by atoms with van der Waals surface area (Å²) >= 11 is 6.13. The van der Waals surface area contributed by atoms with Gasteiger partial charge in [-0.3, -0.25) is 4.98 Å². The van der Waals surface area contributed by atoms with Crippen LogP contribution in [-0.2, 0) is 0 Å². The summed E-state index contributed by atoms with van der Waals surface area (Å²) in [4.78, 5) is 4.32. The highest BCUT2D eigenvalue weighted by atomic mass is 35.5. The lowest BCUT2D eigenvalue weighted by atomic mass is 10.1. The summed E-state index contributed by atoms with van der Waals surface area (Å²) < 4.78 is 0. The average molecular weight is 279 g/mol. The van der Waals surface area contributed by atoms with Crippen molar-refractivity contribution in [2.75, 3.05) is 5.32 Å². The van der Waals surface area contributed by atoms with Gasteiger partial charge in [-0.15, -0.1) is 0 Å². The van der Waals surface area contributed by atoms with Gasteiger partial charge in [0.2, 0.25) is 0 Å². The summed E-state index contributed by atoms with van der Waals surface area (Å²) in [6.45, 7) is 1.95. The number of fused-ring (bicyclic) bond motifs is 1. The van der Waals surface area contributed by atoms with Crippen molar-refractivity contribution in [3.63, 3.8) is 0 Å². The van der Waals surface area contributed by atoms with Crippen LogP contribution in [0.5, 0.6) is 0 Å². The van der Waals surface area contributed by atoms with Gasteiger partial charge in [-0.1, -0.05) is 23.7 Å². The Morgan fingerprint density at radius 3 is 3.00 bits per heavy atom. The summed E-state index contributed by atoms with van der Waals surface area (Å²) in [7, 11) is 0. The Morgan fingerprint density at radius 1 is 1.53 bits per heavy atom. The lowest BCUT2D eigenvalue weighted by Crippen LogP contribution is -2.35. The predicted octanol–water partition coefficient (Wildman–Crippen LogP) is 2.83. The summed E-state index contributed by atoms with van der Waals surface area (Å²) in [5.74, 6) is 0.140. The summed E-state index contributed by atoms with van der Waals surface area (Å²) in [6, 6.07) is 7.12. The first-order chi connectivity index (χ1) is 9.17. The van der Waals surface area contributed by atoms with Crippen molar-refractivity contribution in [1.29, 1.82) is 0 Å². The third-order valence-electron chi connectivity index (χ3n) is 2.93. The molecule has 1 atom stereocenters. The van der Waals surface area contributed by atoms with E-state index in [0.717, 1.165) is 16.6 Å². The van der Waals surface area contributed by atoms with Crippen LogP contribution >= 0.6 is 11.6 Å². The van der Waals surface area contributed by atoms with E-state index >= 15 is 0 Å². The zero-order valence-corrected chi connectivity index (χ0v) is 11.2. The molecule has 0 aliphatic heterocycles. The number of oxime groups is 1. The molecule has 100 valence electrons. The lowest BCUT2D eigenvalue weighted by Gasteiger charge is -2.18. The topological polar surface area (TPSA) is 83.5 Å². The first-order valence-corrected chi connectivity index (χ1v) is 6.32. The molecule has 0 bridgehead atoms. The second-order valence-electron chi connectivity index (χ2n) is 4.12. The van der Waals surface area contributed by atoms with Crippen molar-refractivity contribution in [2.45, 2.75) is 19.4 Å². The van der Waals surface area contributed by atoms with Gasteiger partial charge in [0.15, 0.2) is 5.84 Å². The fourth-order valence-corrected chi connectivity index (χ4v) is 2.11. The van der Waals surface area contributed by atoms with Crippen LogP contribution in [0.15, 0.2) is 35.6 Å². The normalized spacial score (nSPS) is 13.5. The van der Waals surface area contributed by atoms with Gasteiger partial charge in [-0.2, -0.15) is 0 Å². The molecule has 0 aliphatic rings. The maximum atomic E-state index is 8.76. The molecule has 1 aromatic heterocycles. The van der Waals surface area contributed by atoms with E-state index in [1.807, 2.05) is 25.1 Å². The Morgan fingerprint density at radius 2 is 2.32 bits per heavy atom. The molecule has 6 heteroatoms. The van der Waals surface area contributed by atoms with E-state index < -0.39 is 0 Å². The van der Waals surface area contributed by atoms with E-state index in [-0.39, 0.29) is 11.9 Å². The van der Waals surface area contributed by atoms with Crippen LogP contribution in [0.4, 0.5) is 5.69 Å². The first-order valence-electron chi connectivity index (χ1n) is 5.94. The van der Waals surface area contributed by atoms with Gasteiger partial charge in [-0.05, 0) is 30.7 Å². The number of nitrogens with one attached hydrogen (secondary N) is 1. The monoisotopic (exact) mass is 278 g/mol. The molecule has 0 aliphatic carbocycles. The number of nitrogens with zero attached hydrogens (tertiary/aromatic N) is 2. The van der Waals surface area contributed by atoms with Gasteiger partial charge in [0.05, 0.1) is 22.3 Å². The molecule has 0 fully saturated rings. The fourth-order valence-electron chi connectivity index (χ4n) is 1.90. The molecule has 2 aromatic rings. The smallest absolute Gasteiger partial charge is 0.161 e. The highest BCUT2D eigenvalue weighted by Gasteiger charge is 2.14. The number of rotatable bonds is 4. The highest BCUT2D eigenvalue weighted by molar-refractivity contribution is 6.35. The van der Waals surface area contributed by atoms with E-state index in [2.05, 4.69) is 15.5 Å². The van der Waals surface area contributed by atoms with Crippen LogP contribution in [-0.4, -0.2) is 22.1 Å². The van der Waals surface area contributed by atoms with Crippen LogP contribution in [0.1, 0.15) is 13.3 Å². The molecule has 1 aromatic carbocycles. The Balaban J connectivity index is 2.43. The molecule has 1 heterocycles. The van der Waals surface area contributed by atoms with Crippen molar-refractivity contribution in [3.05, 3.63) is 35.5 Å². The molecular weight excluding hydrogens is 264 g/mol. The van der Waals surface area contributed by atoms with E-state index in [9.17, 15) is 0 Å². The molecule has 2 rings (SSSR count). The lowest BCUT2D eigenvalue weighted by molar-refractivity contribution is 0.316. The first kappa shape index (κ1) is 13.4. The van der Waals surface area contributed by atoms with Gasteiger partial charge < -0.3 is 16.3 Å². The van der Waals surface area contributed by atoms with E-state index in [4.69, 9.17) is 22.5 Å². The number of hydrogen-bond donors (Lipinski definition) is 3. The molecule has 5 nitrogen and oxygen atoms in total. The van der Waals surface area contributed by atoms with Gasteiger partial charge in [-0.25, -0.2) is 0 Å². The number of nitrogens with two attached hydrogens (primary N) is 1. The SMILES string of the molecule is CCC(Nc1ccc(Cl)c2cccnc12)/C(N)=N/O. The van der Waals surface area contributed by atoms with E-state index in [0.29, 0.717) is 11.4 Å². The number of pyridine rings is 1. The molecular formula is C13H15ClN4O. The Labute approximate surface area is 116 Å². The summed E-state index contributed by atoms with van der Waals surface area (Å²) in [6.07, 6.45) is 2.39. The van der Waals surface area contributed by atoms with Crippen molar-refractivity contribution < 1.29 is 5.21 Å². The second-order valence-corrected chi connectivity index (χ2v) is 4.53. The number of benzene rings is 1. The number of hydrogen-bond acceptors (Lipinski definition) is 4. The van der Waals surface area contributed by atoms with Crippen molar-refractivity contribution in [2.24, 2.45) is 10.9 Å². The van der Waals surface area contributed by atoms with Crippen LogP contribution in [0.2, 0.25) is 5.02 Å². The number of amidine groups is 1. The van der Waals surface area contributed by atoms with Crippen LogP contribution in [0.3, 0.4) is 0 Å². The van der Waals surface area contributed by atoms with E-state index in [1.54, 1.807) is 12.3 Å². The molecule has 0 saturated heterocycles. The number of aromatic nitrogens is 1. The minimum Gasteiger partial charge on any atom is -0.409 e. The predicted molar refractivity (Wildman–Crippen MR) is 77.9 cm³/mol. The number of halogens is 1. The van der Waals surface area contributed by atoms with Crippen molar-refractivity contribution in [3.8, 4) is 0 Å². The third kappa shape index (κ3) is 2.71. The fraction of sp³-hybridized carbons (Fsp3) is 0.231. The maximum absolute atomic E-state index is 8.76. The van der Waals surface area contributed by atoms with Gasteiger partial charge >= 0.3 is 0 Å². The van der Waals surface area contributed by atoms with Gasteiger partial charge in [0.25, 0.3) is 0 Å². The molecule has 19 heavy (non-hydrogen) atoms. The number of anilines is 1. The zero-order valence-electron chi connectivity index (χ0n) is 10.5. The standard InChI is InChI=1S/C13H15ClN4O/c1-2-10(13(15)18-19)17-11-6-5-9(14)8-4-3-7-16-12(8)11/h3-7,10,17,19H,2H2,1H3,(H2,15,18). The van der Waals surface area contributed by atoms with Crippen LogP contribution in [0, 0.1) is 0 Å². The quantitative estimate of drug-likeness (QED) is 0.347. The van der Waals surface area contributed by atoms with Crippen LogP contribution < -0.4 is 11.1 Å². The third-order valence-corrected chi connectivity index (χ3v) is 3.26. The Bertz CT molecular complexity index is 615. The van der Waals surface area contributed by atoms with Crippen molar-refractivity contribution in [1.82, 2.24) is 4.98 Å². The van der Waals surface area contributed by atoms with Gasteiger partial charge in [0, 0.05) is 11.6 Å². The summed E-state index contributed by atoms with van der Waals surface area (Å²) in [5.41, 5.74) is 7.21. The Hall–Kier alpha value is -2.01. The summed E-state index contributed by atoms with van der Waals surface area (Å²) in [5, 5.41) is 16.5. The zero-order chi connectivity index (χ0) is 13.8. The van der Waals surface area contributed by atoms with E-state index in [1.165, 1.54) is 0 Å². The average Bonchev–Trinajstić information content (AvgIpc) is 2.46. The van der Waals surface area contributed by atoms with Crippen molar-refractivity contribution >= 4 is 34.0 Å². The molecule has 0 radical (unpaired) electrons. The molecule has 0 saturated carbocycles. The largest absolute Gasteiger partial charge is 0.409 e. The molecule has 4 N–H and O–H groups in total. The second kappa shape index (κ2) is 5.75. The minimum absolute atomic E-state index is 0.140. The highest BCUT2D eigenvalue weighted by Crippen LogP contribution is 2.28.